The van der Waals surface area contributed by atoms with Crippen LogP contribution in [0.4, 0.5) is 0 Å². The molecule has 0 atom stereocenters. The summed E-state index contributed by atoms with van der Waals surface area (Å²) in [6.07, 6.45) is 2.18. The third kappa shape index (κ3) is 5.26. The first kappa shape index (κ1) is 20.2. The maximum Gasteiger partial charge on any atom is 0.226 e. The summed E-state index contributed by atoms with van der Waals surface area (Å²) in [4.78, 5) is 14.5. The van der Waals surface area contributed by atoms with Crippen molar-refractivity contribution in [2.24, 2.45) is 0 Å². The van der Waals surface area contributed by atoms with E-state index in [1.165, 1.54) is 23.3 Å². The Labute approximate surface area is 167 Å². The first-order valence-corrected chi connectivity index (χ1v) is 10.0. The number of phenolic OH excluding ortho intramolecular Hbond substituents is 2. The zero-order chi connectivity index (χ0) is 20.1. The molecule has 0 spiro atoms. The van der Waals surface area contributed by atoms with E-state index in [4.69, 9.17) is 0 Å². The van der Waals surface area contributed by atoms with E-state index in [1.807, 2.05) is 4.90 Å². The third-order valence-electron chi connectivity index (χ3n) is 5.38. The van der Waals surface area contributed by atoms with Crippen LogP contribution in [-0.2, 0) is 17.8 Å². The van der Waals surface area contributed by atoms with Gasteiger partial charge in [-0.3, -0.25) is 4.79 Å². The van der Waals surface area contributed by atoms with Crippen molar-refractivity contribution in [1.82, 2.24) is 10.2 Å². The Morgan fingerprint density at radius 1 is 1.07 bits per heavy atom. The van der Waals surface area contributed by atoms with Crippen LogP contribution in [0.3, 0.4) is 0 Å². The summed E-state index contributed by atoms with van der Waals surface area (Å²) in [5, 5.41) is 22.4. The summed E-state index contributed by atoms with van der Waals surface area (Å²) < 4.78 is 0. The molecule has 1 amide bonds. The number of carbonyl (C=O) groups excluding carboxylic acids is 1. The number of nitrogens with zero attached hydrogens (tertiary/aromatic N) is 1. The summed E-state index contributed by atoms with van der Waals surface area (Å²) in [7, 11) is 0. The van der Waals surface area contributed by atoms with Gasteiger partial charge < -0.3 is 20.4 Å². The number of piperidine rings is 1. The van der Waals surface area contributed by atoms with Crippen LogP contribution in [0.2, 0.25) is 0 Å². The van der Waals surface area contributed by atoms with Gasteiger partial charge in [0.05, 0.1) is 6.42 Å². The van der Waals surface area contributed by atoms with Gasteiger partial charge in [0.25, 0.3) is 0 Å². The zero-order valence-corrected chi connectivity index (χ0v) is 16.7. The number of rotatable bonds is 6. The fraction of sp³-hybridized carbons (Fsp3) is 0.435. The van der Waals surface area contributed by atoms with Crippen molar-refractivity contribution in [3.63, 3.8) is 0 Å². The molecule has 1 aliphatic rings. The maximum atomic E-state index is 12.6. The van der Waals surface area contributed by atoms with E-state index in [9.17, 15) is 15.0 Å². The number of nitrogens with one attached hydrogen (secondary N) is 1. The van der Waals surface area contributed by atoms with Crippen LogP contribution in [0.1, 0.15) is 49.3 Å². The molecule has 0 saturated carbocycles. The van der Waals surface area contributed by atoms with E-state index in [-0.39, 0.29) is 23.8 Å². The van der Waals surface area contributed by atoms with Crippen molar-refractivity contribution in [3.05, 3.63) is 59.2 Å². The predicted octanol–water partition coefficient (Wildman–Crippen LogP) is 3.54. The monoisotopic (exact) mass is 382 g/mol. The van der Waals surface area contributed by atoms with Gasteiger partial charge in [0.2, 0.25) is 5.91 Å². The average Bonchev–Trinajstić information content (AvgIpc) is 2.69. The Balaban J connectivity index is 1.54. The molecule has 0 unspecified atom stereocenters. The molecule has 1 saturated heterocycles. The fourth-order valence-corrected chi connectivity index (χ4v) is 3.71. The van der Waals surface area contributed by atoms with Crippen molar-refractivity contribution in [1.29, 1.82) is 0 Å². The number of aromatic hydroxyl groups is 2. The Morgan fingerprint density at radius 3 is 2.50 bits per heavy atom. The lowest BCUT2D eigenvalue weighted by Crippen LogP contribution is -2.38. The molecule has 0 aromatic heterocycles. The van der Waals surface area contributed by atoms with Gasteiger partial charge in [-0.1, -0.05) is 44.2 Å². The molecular formula is C23H30N2O3. The second kappa shape index (κ2) is 9.11. The minimum absolute atomic E-state index is 0.0680. The molecule has 0 bridgehead atoms. The molecule has 1 fully saturated rings. The third-order valence-corrected chi connectivity index (χ3v) is 5.38. The summed E-state index contributed by atoms with van der Waals surface area (Å²) in [6, 6.07) is 13.8. The smallest absolute Gasteiger partial charge is 0.226 e. The maximum absolute atomic E-state index is 12.6. The van der Waals surface area contributed by atoms with Gasteiger partial charge in [-0.05, 0) is 47.6 Å². The molecule has 5 heteroatoms. The van der Waals surface area contributed by atoms with Gasteiger partial charge in [-0.15, -0.1) is 0 Å². The SMILES string of the molecule is CC(C)NCc1cccc(C2CCN(C(=O)Cc3ccc(O)c(O)c3)CC2)c1. The highest BCUT2D eigenvalue weighted by Gasteiger charge is 2.24. The largest absolute Gasteiger partial charge is 0.504 e. The Bertz CT molecular complexity index is 811. The Morgan fingerprint density at radius 2 is 1.82 bits per heavy atom. The Kier molecular flexibility index (Phi) is 6.57. The quantitative estimate of drug-likeness (QED) is 0.668. The van der Waals surface area contributed by atoms with E-state index in [1.54, 1.807) is 6.07 Å². The van der Waals surface area contributed by atoms with Crippen LogP contribution in [0.15, 0.2) is 42.5 Å². The molecule has 0 aliphatic carbocycles. The van der Waals surface area contributed by atoms with Crippen LogP contribution in [0.5, 0.6) is 11.5 Å². The first-order chi connectivity index (χ1) is 13.4. The molecule has 150 valence electrons. The normalized spacial score (nSPS) is 15.2. The molecule has 2 aromatic rings. The molecular weight excluding hydrogens is 352 g/mol. The highest BCUT2D eigenvalue weighted by atomic mass is 16.3. The predicted molar refractivity (Wildman–Crippen MR) is 110 cm³/mol. The molecule has 5 nitrogen and oxygen atoms in total. The summed E-state index contributed by atoms with van der Waals surface area (Å²) in [6.45, 7) is 6.68. The van der Waals surface area contributed by atoms with E-state index in [0.717, 1.165) is 32.5 Å². The second-order valence-corrected chi connectivity index (χ2v) is 7.94. The van der Waals surface area contributed by atoms with Crippen LogP contribution < -0.4 is 5.32 Å². The number of benzene rings is 2. The van der Waals surface area contributed by atoms with E-state index >= 15 is 0 Å². The number of phenols is 2. The van der Waals surface area contributed by atoms with Gasteiger partial charge in [-0.25, -0.2) is 0 Å². The minimum atomic E-state index is -0.184. The number of hydrogen-bond acceptors (Lipinski definition) is 4. The summed E-state index contributed by atoms with van der Waals surface area (Å²) in [5.74, 6) is 0.206. The number of hydrogen-bond donors (Lipinski definition) is 3. The molecule has 2 aromatic carbocycles. The lowest BCUT2D eigenvalue weighted by molar-refractivity contribution is -0.131. The second-order valence-electron chi connectivity index (χ2n) is 7.94. The van der Waals surface area contributed by atoms with Gasteiger partial charge in [-0.2, -0.15) is 0 Å². The van der Waals surface area contributed by atoms with Crippen LogP contribution in [0.25, 0.3) is 0 Å². The van der Waals surface area contributed by atoms with Crippen molar-refractivity contribution < 1.29 is 15.0 Å². The molecule has 0 radical (unpaired) electrons. The Hall–Kier alpha value is -2.53. The molecule has 28 heavy (non-hydrogen) atoms. The van der Waals surface area contributed by atoms with Crippen molar-refractivity contribution >= 4 is 5.91 Å². The van der Waals surface area contributed by atoms with Crippen LogP contribution in [-0.4, -0.2) is 40.2 Å². The van der Waals surface area contributed by atoms with Crippen molar-refractivity contribution in [2.45, 2.75) is 51.6 Å². The number of likely N-dealkylation sites (tertiary alicyclic amines) is 1. The van der Waals surface area contributed by atoms with Crippen LogP contribution >= 0.6 is 0 Å². The van der Waals surface area contributed by atoms with Crippen molar-refractivity contribution in [3.8, 4) is 11.5 Å². The van der Waals surface area contributed by atoms with Gasteiger partial charge >= 0.3 is 0 Å². The molecule has 3 rings (SSSR count). The van der Waals surface area contributed by atoms with E-state index in [2.05, 4.69) is 43.4 Å². The lowest BCUT2D eigenvalue weighted by Gasteiger charge is -2.32. The highest BCUT2D eigenvalue weighted by molar-refractivity contribution is 5.79. The fourth-order valence-electron chi connectivity index (χ4n) is 3.71. The topological polar surface area (TPSA) is 72.8 Å². The number of carbonyl (C=O) groups is 1. The minimum Gasteiger partial charge on any atom is -0.504 e. The summed E-state index contributed by atoms with van der Waals surface area (Å²) in [5.41, 5.74) is 3.38. The lowest BCUT2D eigenvalue weighted by atomic mass is 9.88. The number of amides is 1. The van der Waals surface area contributed by atoms with E-state index < -0.39 is 0 Å². The van der Waals surface area contributed by atoms with Gasteiger partial charge in [0.15, 0.2) is 11.5 Å². The standard InChI is InChI=1S/C23H30N2O3/c1-16(2)24-15-18-4-3-5-20(12-18)19-8-10-25(11-9-19)23(28)14-17-6-7-21(26)22(27)13-17/h3-7,12-13,16,19,24,26-27H,8-11,14-15H2,1-2H3. The first-order valence-electron chi connectivity index (χ1n) is 10.0. The van der Waals surface area contributed by atoms with Gasteiger partial charge in [0.1, 0.15) is 0 Å². The van der Waals surface area contributed by atoms with Gasteiger partial charge in [0, 0.05) is 25.7 Å². The molecule has 3 N–H and O–H groups in total. The molecule has 1 heterocycles. The highest BCUT2D eigenvalue weighted by Crippen LogP contribution is 2.29. The van der Waals surface area contributed by atoms with Crippen LogP contribution in [0, 0.1) is 0 Å². The average molecular weight is 383 g/mol. The van der Waals surface area contributed by atoms with E-state index in [0.29, 0.717) is 17.5 Å². The molecule has 1 aliphatic heterocycles. The summed E-state index contributed by atoms with van der Waals surface area (Å²) >= 11 is 0. The van der Waals surface area contributed by atoms with Crippen molar-refractivity contribution in [2.75, 3.05) is 13.1 Å². The zero-order valence-electron chi connectivity index (χ0n) is 16.7.